The number of unbranched alkanes of at least 4 members (excludes halogenated alkanes) is 3. The Bertz CT molecular complexity index is 1160. The van der Waals surface area contributed by atoms with E-state index in [0.29, 0.717) is 54.0 Å². The van der Waals surface area contributed by atoms with Gasteiger partial charge in [0, 0.05) is 42.2 Å². The predicted molar refractivity (Wildman–Crippen MR) is 155 cm³/mol. The van der Waals surface area contributed by atoms with Crippen LogP contribution in [0.2, 0.25) is 0 Å². The van der Waals surface area contributed by atoms with Gasteiger partial charge >= 0.3 is 0 Å². The van der Waals surface area contributed by atoms with Crippen molar-refractivity contribution in [3.05, 3.63) is 51.6 Å². The largest absolute Gasteiger partial charge is 0.358 e. The van der Waals surface area contributed by atoms with Crippen molar-refractivity contribution < 1.29 is 18.8 Å². The minimum atomic E-state index is -0.374. The number of amides is 2. The molecule has 3 N–H and O–H groups in total. The summed E-state index contributed by atoms with van der Waals surface area (Å²) in [6.07, 6.45) is 9.19. The maximum absolute atomic E-state index is 14.1. The fourth-order valence-corrected chi connectivity index (χ4v) is 5.27. The van der Waals surface area contributed by atoms with Crippen LogP contribution in [0, 0.1) is 25.2 Å². The molecule has 0 unspecified atom stereocenters. The summed E-state index contributed by atoms with van der Waals surface area (Å²) in [6.45, 7) is 8.51. The Morgan fingerprint density at radius 2 is 1.92 bits per heavy atom. The maximum atomic E-state index is 14.1. The standard InChI is InChI=1S/C29H40FN5O3S/c1-5-11-23(30)16-22-18-32-19-26(36)24(22)17-25-20(3)28(21(4)34-25)29(38)33-13-9-7-8-10-15-39-35(14-12-31)27(37)6-2/h11,16-17,32,34H,5-10,13-15,18-19H2,1-4H3,(H,33,38)/b22-16+,23-11+,24-17-. The first kappa shape index (κ1) is 32.1. The second-order valence-electron chi connectivity index (χ2n) is 9.36. The molecule has 2 amide bonds. The third-order valence-electron chi connectivity index (χ3n) is 6.35. The summed E-state index contributed by atoms with van der Waals surface area (Å²) in [6, 6.07) is 2.02. The van der Waals surface area contributed by atoms with E-state index < -0.39 is 0 Å². The lowest BCUT2D eigenvalue weighted by Gasteiger charge is -2.18. The van der Waals surface area contributed by atoms with Crippen molar-refractivity contribution in [1.29, 1.82) is 5.26 Å². The van der Waals surface area contributed by atoms with Crippen LogP contribution < -0.4 is 10.6 Å². The van der Waals surface area contributed by atoms with Crippen molar-refractivity contribution in [2.45, 2.75) is 66.2 Å². The highest BCUT2D eigenvalue weighted by atomic mass is 32.2. The van der Waals surface area contributed by atoms with E-state index >= 15 is 0 Å². The van der Waals surface area contributed by atoms with Gasteiger partial charge in [-0.1, -0.05) is 26.7 Å². The van der Waals surface area contributed by atoms with Crippen LogP contribution in [0.3, 0.4) is 0 Å². The number of aromatic amines is 1. The molecule has 1 saturated heterocycles. The van der Waals surface area contributed by atoms with Crippen LogP contribution in [0.1, 0.15) is 79.7 Å². The average Bonchev–Trinajstić information content (AvgIpc) is 3.18. The lowest BCUT2D eigenvalue weighted by Crippen LogP contribution is -2.33. The molecule has 0 aliphatic carbocycles. The van der Waals surface area contributed by atoms with Gasteiger partial charge in [0.2, 0.25) is 5.91 Å². The van der Waals surface area contributed by atoms with Gasteiger partial charge in [-0.2, -0.15) is 5.26 Å². The fourth-order valence-electron chi connectivity index (χ4n) is 4.30. The Morgan fingerprint density at radius 1 is 1.18 bits per heavy atom. The number of carbonyl (C=O) groups excluding carboxylic acids is 3. The van der Waals surface area contributed by atoms with Crippen LogP contribution in [0.4, 0.5) is 4.39 Å². The molecule has 10 heteroatoms. The van der Waals surface area contributed by atoms with Crippen LogP contribution in [0.25, 0.3) is 6.08 Å². The molecular formula is C29H40FN5O3S. The topological polar surface area (TPSA) is 118 Å². The average molecular weight is 558 g/mol. The number of halogens is 1. The maximum Gasteiger partial charge on any atom is 0.253 e. The summed E-state index contributed by atoms with van der Waals surface area (Å²) in [7, 11) is 0. The van der Waals surface area contributed by atoms with Gasteiger partial charge in [-0.25, -0.2) is 4.39 Å². The van der Waals surface area contributed by atoms with Crippen molar-refractivity contribution in [2.75, 3.05) is 31.9 Å². The molecule has 0 saturated carbocycles. The number of carbonyl (C=O) groups is 3. The Labute approximate surface area is 235 Å². The molecule has 1 aliphatic heterocycles. The number of nitriles is 1. The molecule has 2 rings (SSSR count). The molecule has 1 aromatic heterocycles. The molecule has 0 radical (unpaired) electrons. The number of piperidine rings is 1. The van der Waals surface area contributed by atoms with E-state index in [2.05, 4.69) is 15.6 Å². The number of hydrogen-bond donors (Lipinski definition) is 3. The van der Waals surface area contributed by atoms with Crippen molar-refractivity contribution in [3.63, 3.8) is 0 Å². The third kappa shape index (κ3) is 9.83. The lowest BCUT2D eigenvalue weighted by atomic mass is 9.95. The van der Waals surface area contributed by atoms with Crippen LogP contribution in [0.15, 0.2) is 29.1 Å². The van der Waals surface area contributed by atoms with Gasteiger partial charge in [0.05, 0.1) is 18.2 Å². The molecule has 0 spiro atoms. The van der Waals surface area contributed by atoms with Crippen molar-refractivity contribution in [2.24, 2.45) is 0 Å². The predicted octanol–water partition coefficient (Wildman–Crippen LogP) is 5.08. The van der Waals surface area contributed by atoms with Crippen LogP contribution >= 0.6 is 11.9 Å². The van der Waals surface area contributed by atoms with Crippen LogP contribution in [0.5, 0.6) is 0 Å². The SMILES string of the molecule is CC\C=C(F)/C=C1\CNCC(=O)\C1=C/c1[nH]c(C)c(C(=O)NCCCCCCSN(CC#N)C(=O)CC)c1C. The van der Waals surface area contributed by atoms with Gasteiger partial charge in [-0.3, -0.25) is 18.7 Å². The van der Waals surface area contributed by atoms with Gasteiger partial charge in [-0.05, 0) is 74.4 Å². The summed E-state index contributed by atoms with van der Waals surface area (Å²) in [5, 5.41) is 14.8. The van der Waals surface area contributed by atoms with E-state index in [4.69, 9.17) is 5.26 Å². The number of ketones is 1. The van der Waals surface area contributed by atoms with Crippen molar-refractivity contribution in [3.8, 4) is 6.07 Å². The first-order chi connectivity index (χ1) is 18.7. The van der Waals surface area contributed by atoms with E-state index in [1.54, 1.807) is 13.0 Å². The van der Waals surface area contributed by atoms with Crippen molar-refractivity contribution in [1.82, 2.24) is 19.9 Å². The first-order valence-electron chi connectivity index (χ1n) is 13.5. The normalized spacial score (nSPS) is 16.0. The molecule has 0 bridgehead atoms. The Balaban J connectivity index is 1.92. The van der Waals surface area contributed by atoms with Crippen LogP contribution in [-0.2, 0) is 9.59 Å². The van der Waals surface area contributed by atoms with Crippen molar-refractivity contribution >= 4 is 35.6 Å². The number of nitrogens with zero attached hydrogens (tertiary/aromatic N) is 2. The molecular weight excluding hydrogens is 517 g/mol. The van der Waals surface area contributed by atoms with E-state index in [0.717, 1.165) is 37.0 Å². The van der Waals surface area contributed by atoms with E-state index in [1.165, 1.54) is 28.4 Å². The lowest BCUT2D eigenvalue weighted by molar-refractivity contribution is -0.125. The molecule has 8 nitrogen and oxygen atoms in total. The number of H-pyrrole nitrogens is 1. The zero-order valence-corrected chi connectivity index (χ0v) is 24.2. The Hall–Kier alpha value is -3.16. The molecule has 1 fully saturated rings. The summed E-state index contributed by atoms with van der Waals surface area (Å²) in [4.78, 5) is 40.6. The summed E-state index contributed by atoms with van der Waals surface area (Å²) in [5.74, 6) is 0.0760. The highest BCUT2D eigenvalue weighted by Gasteiger charge is 2.23. The monoisotopic (exact) mass is 557 g/mol. The summed E-state index contributed by atoms with van der Waals surface area (Å²) < 4.78 is 15.7. The van der Waals surface area contributed by atoms with E-state index in [1.807, 2.05) is 26.8 Å². The number of allylic oxidation sites excluding steroid dienone is 3. The number of hydrogen-bond acceptors (Lipinski definition) is 6. The molecule has 212 valence electrons. The van der Waals surface area contributed by atoms with Crippen LogP contribution in [-0.4, -0.2) is 58.8 Å². The second-order valence-corrected chi connectivity index (χ2v) is 10.5. The molecule has 0 atom stereocenters. The number of aromatic nitrogens is 1. The number of rotatable bonds is 14. The zero-order valence-electron chi connectivity index (χ0n) is 23.4. The number of aryl methyl sites for hydroxylation is 1. The Morgan fingerprint density at radius 3 is 2.62 bits per heavy atom. The minimum absolute atomic E-state index is 0.0313. The number of Topliss-reactive ketones (excluding diaryl/α,β-unsaturated/α-hetero) is 1. The Kier molecular flexibility index (Phi) is 13.7. The second kappa shape index (κ2) is 16.7. The summed E-state index contributed by atoms with van der Waals surface area (Å²) in [5.41, 5.74) is 3.70. The van der Waals surface area contributed by atoms with E-state index in [-0.39, 0.29) is 36.5 Å². The molecule has 39 heavy (non-hydrogen) atoms. The van der Waals surface area contributed by atoms with Gasteiger partial charge in [0.25, 0.3) is 5.91 Å². The smallest absolute Gasteiger partial charge is 0.253 e. The molecule has 0 aromatic carbocycles. The van der Waals surface area contributed by atoms with E-state index in [9.17, 15) is 18.8 Å². The zero-order chi connectivity index (χ0) is 28.8. The minimum Gasteiger partial charge on any atom is -0.358 e. The fraction of sp³-hybridized carbons (Fsp3) is 0.517. The first-order valence-corrected chi connectivity index (χ1v) is 14.5. The molecule has 1 aliphatic rings. The van der Waals surface area contributed by atoms with Gasteiger partial charge in [0.1, 0.15) is 12.4 Å². The highest BCUT2D eigenvalue weighted by Crippen LogP contribution is 2.25. The van der Waals surface area contributed by atoms with Gasteiger partial charge < -0.3 is 15.6 Å². The molecule has 2 heterocycles. The summed E-state index contributed by atoms with van der Waals surface area (Å²) >= 11 is 1.40. The van der Waals surface area contributed by atoms with Gasteiger partial charge in [0.15, 0.2) is 5.78 Å². The third-order valence-corrected chi connectivity index (χ3v) is 7.46. The number of nitrogens with one attached hydrogen (secondary N) is 3. The quantitative estimate of drug-likeness (QED) is 0.127. The highest BCUT2D eigenvalue weighted by molar-refractivity contribution is 7.97. The molecule has 1 aromatic rings. The van der Waals surface area contributed by atoms with Gasteiger partial charge in [-0.15, -0.1) is 0 Å².